The van der Waals surface area contributed by atoms with Gasteiger partial charge in [0.1, 0.15) is 18.1 Å². The number of fused-ring (bicyclic) bond motifs is 2. The van der Waals surface area contributed by atoms with Gasteiger partial charge in [0, 0.05) is 43.4 Å². The fourth-order valence-corrected chi connectivity index (χ4v) is 4.82. The number of piperidine rings is 1. The third-order valence-corrected chi connectivity index (χ3v) is 6.94. The van der Waals surface area contributed by atoms with E-state index in [0.717, 1.165) is 72.7 Å². The molecule has 3 heterocycles. The number of pyridine rings is 1. The number of hydrogen-bond acceptors (Lipinski definition) is 7. The third-order valence-electron chi connectivity index (χ3n) is 6.94. The minimum atomic E-state index is -0.358. The van der Waals surface area contributed by atoms with Crippen LogP contribution < -0.4 is 9.47 Å². The Morgan fingerprint density at radius 2 is 1.95 bits per heavy atom. The van der Waals surface area contributed by atoms with Crippen molar-refractivity contribution in [1.29, 1.82) is 0 Å². The number of carbonyl (C=O) groups excluding carboxylic acids is 1. The van der Waals surface area contributed by atoms with Crippen LogP contribution in [-0.2, 0) is 17.8 Å². The standard InChI is InChI=1S/C30H32N2O5/c1-35-30(34)22-11-9-21(10-12-22)20-36-27-7-2-8-28-26(27)19-23(25-6-3-15-31-29(25)37-28)5-4-16-32-17-13-24(33)14-18-32/h2-3,5-12,15,24,33H,4,13-14,16-20H2,1H3/b23-5-. The molecule has 0 spiro atoms. The monoisotopic (exact) mass is 500 g/mol. The van der Waals surface area contributed by atoms with Gasteiger partial charge in [0.25, 0.3) is 0 Å². The van der Waals surface area contributed by atoms with Crippen molar-refractivity contribution < 1.29 is 24.1 Å². The summed E-state index contributed by atoms with van der Waals surface area (Å²) in [5.74, 6) is 1.75. The van der Waals surface area contributed by atoms with E-state index >= 15 is 0 Å². The Hall–Kier alpha value is -3.68. The van der Waals surface area contributed by atoms with Crippen LogP contribution in [0, 0.1) is 0 Å². The van der Waals surface area contributed by atoms with Gasteiger partial charge in [-0.05, 0) is 66.8 Å². The molecule has 0 unspecified atom stereocenters. The Bertz CT molecular complexity index is 1260. The zero-order chi connectivity index (χ0) is 25.6. The van der Waals surface area contributed by atoms with E-state index in [1.54, 1.807) is 18.3 Å². The number of methoxy groups -OCH3 is 1. The fourth-order valence-electron chi connectivity index (χ4n) is 4.82. The summed E-state index contributed by atoms with van der Waals surface area (Å²) in [5, 5.41) is 9.79. The van der Waals surface area contributed by atoms with Gasteiger partial charge in [-0.2, -0.15) is 0 Å². The lowest BCUT2D eigenvalue weighted by Gasteiger charge is -2.29. The van der Waals surface area contributed by atoms with Crippen LogP contribution in [0.1, 0.15) is 46.3 Å². The predicted octanol–water partition coefficient (Wildman–Crippen LogP) is 5.03. The highest BCUT2D eigenvalue weighted by Crippen LogP contribution is 2.41. The Morgan fingerprint density at radius 3 is 2.73 bits per heavy atom. The summed E-state index contributed by atoms with van der Waals surface area (Å²) in [6.45, 7) is 3.20. The van der Waals surface area contributed by atoms with Gasteiger partial charge in [-0.3, -0.25) is 0 Å². The zero-order valence-corrected chi connectivity index (χ0v) is 21.1. The lowest BCUT2D eigenvalue weighted by molar-refractivity contribution is 0.0600. The fraction of sp³-hybridized carbons (Fsp3) is 0.333. The molecule has 37 heavy (non-hydrogen) atoms. The maximum atomic E-state index is 11.7. The average molecular weight is 501 g/mol. The summed E-state index contributed by atoms with van der Waals surface area (Å²) in [7, 11) is 1.37. The van der Waals surface area contributed by atoms with E-state index in [1.807, 2.05) is 36.4 Å². The molecule has 1 fully saturated rings. The number of likely N-dealkylation sites (tertiary alicyclic amines) is 1. The molecule has 0 radical (unpaired) electrons. The number of esters is 1. The minimum Gasteiger partial charge on any atom is -0.488 e. The lowest BCUT2D eigenvalue weighted by Crippen LogP contribution is -2.36. The van der Waals surface area contributed by atoms with Gasteiger partial charge < -0.3 is 24.2 Å². The van der Waals surface area contributed by atoms with Crippen molar-refractivity contribution >= 4 is 11.5 Å². The molecular weight excluding hydrogens is 468 g/mol. The molecule has 0 amide bonds. The molecular formula is C30H32N2O5. The van der Waals surface area contributed by atoms with Crippen LogP contribution in [-0.4, -0.2) is 53.8 Å². The molecule has 192 valence electrons. The number of carbonyl (C=O) groups is 1. The summed E-state index contributed by atoms with van der Waals surface area (Å²) in [6.07, 6.45) is 7.14. The van der Waals surface area contributed by atoms with Crippen LogP contribution in [0.15, 0.2) is 66.9 Å². The maximum absolute atomic E-state index is 11.7. The van der Waals surface area contributed by atoms with Crippen LogP contribution in [0.2, 0.25) is 0 Å². The highest BCUT2D eigenvalue weighted by atomic mass is 16.5. The van der Waals surface area contributed by atoms with Gasteiger partial charge in [0.15, 0.2) is 0 Å². The van der Waals surface area contributed by atoms with E-state index < -0.39 is 0 Å². The van der Waals surface area contributed by atoms with Crippen LogP contribution in [0.5, 0.6) is 17.4 Å². The quantitative estimate of drug-likeness (QED) is 0.456. The summed E-state index contributed by atoms with van der Waals surface area (Å²) in [4.78, 5) is 18.6. The first kappa shape index (κ1) is 25.0. The summed E-state index contributed by atoms with van der Waals surface area (Å²) < 4.78 is 17.3. The van der Waals surface area contributed by atoms with Crippen LogP contribution in [0.25, 0.3) is 5.57 Å². The number of rotatable bonds is 7. The van der Waals surface area contributed by atoms with Crippen molar-refractivity contribution in [3.63, 3.8) is 0 Å². The number of nitrogens with zero attached hydrogens (tertiary/aromatic N) is 2. The molecule has 1 aromatic heterocycles. The van der Waals surface area contributed by atoms with Gasteiger partial charge in [0.05, 0.1) is 18.8 Å². The smallest absolute Gasteiger partial charge is 0.337 e. The first-order valence-electron chi connectivity index (χ1n) is 12.8. The third kappa shape index (κ3) is 6.01. The summed E-state index contributed by atoms with van der Waals surface area (Å²) >= 11 is 0. The second-order valence-corrected chi connectivity index (χ2v) is 9.44. The molecule has 1 saturated heterocycles. The Kier molecular flexibility index (Phi) is 7.82. The number of hydrogen-bond donors (Lipinski definition) is 1. The van der Waals surface area contributed by atoms with Crippen molar-refractivity contribution in [2.24, 2.45) is 0 Å². The largest absolute Gasteiger partial charge is 0.488 e. The minimum absolute atomic E-state index is 0.160. The molecule has 0 bridgehead atoms. The Labute approximate surface area is 217 Å². The molecule has 0 aliphatic carbocycles. The number of ether oxygens (including phenoxy) is 3. The van der Waals surface area contributed by atoms with Gasteiger partial charge in [-0.1, -0.05) is 24.3 Å². The number of allylic oxidation sites excluding steroid dienone is 1. The Balaban J connectivity index is 1.34. The first-order valence-corrected chi connectivity index (χ1v) is 12.8. The van der Waals surface area contributed by atoms with E-state index in [0.29, 0.717) is 24.5 Å². The molecule has 5 rings (SSSR count). The van der Waals surface area contributed by atoms with Crippen LogP contribution >= 0.6 is 0 Å². The SMILES string of the molecule is COC(=O)c1ccc(COc2cccc3c2C/C(=C/CCN2CCC(O)CC2)c2cccnc2O3)cc1. The molecule has 3 aromatic rings. The molecule has 1 N–H and O–H groups in total. The number of benzene rings is 2. The van der Waals surface area contributed by atoms with Gasteiger partial charge >= 0.3 is 5.97 Å². The second-order valence-electron chi connectivity index (χ2n) is 9.44. The van der Waals surface area contributed by atoms with E-state index in [-0.39, 0.29) is 12.1 Å². The van der Waals surface area contributed by atoms with Crippen molar-refractivity contribution in [2.45, 2.75) is 38.4 Å². The second kappa shape index (κ2) is 11.6. The van der Waals surface area contributed by atoms with Crippen molar-refractivity contribution in [1.82, 2.24) is 9.88 Å². The van der Waals surface area contributed by atoms with E-state index in [1.165, 1.54) is 7.11 Å². The van der Waals surface area contributed by atoms with Gasteiger partial charge in [-0.25, -0.2) is 9.78 Å². The van der Waals surface area contributed by atoms with Crippen molar-refractivity contribution in [2.75, 3.05) is 26.7 Å². The normalized spacial score (nSPS) is 16.9. The highest BCUT2D eigenvalue weighted by Gasteiger charge is 2.23. The lowest BCUT2D eigenvalue weighted by atomic mass is 9.97. The average Bonchev–Trinajstić information content (AvgIpc) is 3.09. The molecule has 2 aromatic carbocycles. The van der Waals surface area contributed by atoms with E-state index in [9.17, 15) is 9.90 Å². The van der Waals surface area contributed by atoms with Gasteiger partial charge in [0.2, 0.25) is 5.88 Å². The first-order chi connectivity index (χ1) is 18.1. The number of aliphatic hydroxyl groups excluding tert-OH is 1. The topological polar surface area (TPSA) is 81.1 Å². The summed E-state index contributed by atoms with van der Waals surface area (Å²) in [5.41, 5.74) is 4.61. The van der Waals surface area contributed by atoms with E-state index in [2.05, 4.69) is 22.0 Å². The molecule has 7 heteroatoms. The van der Waals surface area contributed by atoms with Crippen molar-refractivity contribution in [3.8, 4) is 17.4 Å². The molecule has 0 saturated carbocycles. The maximum Gasteiger partial charge on any atom is 0.337 e. The zero-order valence-electron chi connectivity index (χ0n) is 21.1. The number of aromatic nitrogens is 1. The number of aliphatic hydroxyl groups is 1. The van der Waals surface area contributed by atoms with Crippen LogP contribution in [0.3, 0.4) is 0 Å². The molecule has 2 aliphatic heterocycles. The van der Waals surface area contributed by atoms with Crippen LogP contribution in [0.4, 0.5) is 0 Å². The molecule has 7 nitrogen and oxygen atoms in total. The molecule has 0 atom stereocenters. The Morgan fingerprint density at radius 1 is 1.14 bits per heavy atom. The molecule has 2 aliphatic rings. The summed E-state index contributed by atoms with van der Waals surface area (Å²) in [6, 6.07) is 17.1. The van der Waals surface area contributed by atoms with E-state index in [4.69, 9.17) is 14.2 Å². The predicted molar refractivity (Wildman–Crippen MR) is 141 cm³/mol. The van der Waals surface area contributed by atoms with Crippen molar-refractivity contribution in [3.05, 3.63) is 89.1 Å². The highest BCUT2D eigenvalue weighted by molar-refractivity contribution is 5.89. The van der Waals surface area contributed by atoms with Gasteiger partial charge in [-0.15, -0.1) is 0 Å².